The standard InChI is InChI=1S/C13H28N2O3S2.O.Tc/c1-3-13(12(16)9-15-5-7-20)18-11(10-17-2)8-14-4-6-19;;/h11-13,16,19-20H,3-10H2,1-2H3;;/q-2;;+4/p-2. The van der Waals surface area contributed by atoms with Crippen LogP contribution in [-0.2, 0) is 57.1 Å². The molecule has 0 aliphatic carbocycles. The van der Waals surface area contributed by atoms with Crippen molar-refractivity contribution in [1.29, 1.82) is 0 Å². The monoisotopic (exact) mass is 435 g/mol. The van der Waals surface area contributed by atoms with Crippen molar-refractivity contribution in [3.05, 3.63) is 10.6 Å². The van der Waals surface area contributed by atoms with Crippen LogP contribution < -0.4 is 0 Å². The second kappa shape index (κ2) is 20.0. The number of nitrogens with zero attached hydrogens (tertiary/aromatic N) is 2. The second-order valence-electron chi connectivity index (χ2n) is 4.40. The van der Waals surface area contributed by atoms with E-state index in [2.05, 4.69) is 10.6 Å². The van der Waals surface area contributed by atoms with Gasteiger partial charge in [-0.05, 0) is 6.42 Å². The minimum atomic E-state index is -0.611. The third kappa shape index (κ3) is 14.5. The quantitative estimate of drug-likeness (QED) is 0.322. The predicted molar refractivity (Wildman–Crippen MR) is 88.2 cm³/mol. The molecule has 1 N–H and O–H groups in total. The number of ether oxygens (including phenoxy) is 2. The van der Waals surface area contributed by atoms with E-state index in [9.17, 15) is 5.11 Å². The van der Waals surface area contributed by atoms with E-state index < -0.39 is 6.10 Å². The fourth-order valence-electron chi connectivity index (χ4n) is 1.73. The molecule has 0 fully saturated rings. The molecule has 0 aliphatic heterocycles. The Morgan fingerprint density at radius 3 is 2.14 bits per heavy atom. The zero-order valence-corrected chi connectivity index (χ0v) is 16.6. The molecule has 0 spiro atoms. The summed E-state index contributed by atoms with van der Waals surface area (Å²) in [5, 5.41) is 18.6. The Hall–Kier alpha value is 0.949. The Labute approximate surface area is 155 Å². The van der Waals surface area contributed by atoms with Crippen LogP contribution in [0.25, 0.3) is 10.6 Å². The van der Waals surface area contributed by atoms with E-state index in [4.69, 9.17) is 38.2 Å². The fourth-order valence-corrected chi connectivity index (χ4v) is 1.99. The van der Waals surface area contributed by atoms with Gasteiger partial charge in [0.2, 0.25) is 0 Å². The van der Waals surface area contributed by atoms with E-state index >= 15 is 0 Å². The second-order valence-corrected chi connectivity index (χ2v) is 5.21. The normalized spacial score (nSPS) is 14.9. The van der Waals surface area contributed by atoms with Crippen LogP contribution in [0.15, 0.2) is 0 Å². The van der Waals surface area contributed by atoms with Crippen LogP contribution >= 0.6 is 0 Å². The molecular formula is C13H26N2O4S2Tc. The minimum absolute atomic E-state index is 0.153. The summed E-state index contributed by atoms with van der Waals surface area (Å²) in [4.78, 5) is 0. The fraction of sp³-hybridized carbons (Fsp3) is 1.00. The van der Waals surface area contributed by atoms with Crippen LogP contribution in [0.2, 0.25) is 0 Å². The predicted octanol–water partition coefficient (Wildman–Crippen LogP) is 0.877. The molecule has 0 radical (unpaired) electrons. The number of rotatable bonds is 14. The average Bonchev–Trinajstić information content (AvgIpc) is 2.54. The van der Waals surface area contributed by atoms with Crippen LogP contribution in [0.4, 0.5) is 0 Å². The summed E-state index contributed by atoms with van der Waals surface area (Å²) in [6.07, 6.45) is -0.311. The number of hydrogen-bond donors (Lipinski definition) is 1. The first-order valence-electron chi connectivity index (χ1n) is 7.10. The van der Waals surface area contributed by atoms with E-state index in [-0.39, 0.29) is 12.2 Å². The average molecular weight is 436 g/mol. The summed E-state index contributed by atoms with van der Waals surface area (Å²) < 4.78 is 19.2. The van der Waals surface area contributed by atoms with Gasteiger partial charge in [-0.3, -0.25) is 0 Å². The Morgan fingerprint density at radius 2 is 1.68 bits per heavy atom. The molecule has 0 saturated carbocycles. The SMILES string of the molecule is CCC(OC(C[N-]CC[S-])COC)C(O)C[N-]CC[S-].[O]=[Tc+4]. The summed E-state index contributed by atoms with van der Waals surface area (Å²) in [7, 11) is 1.62. The van der Waals surface area contributed by atoms with Gasteiger partial charge in [0.1, 0.15) is 0 Å². The molecule has 0 aromatic carbocycles. The van der Waals surface area contributed by atoms with Gasteiger partial charge < -0.3 is 50.5 Å². The molecule has 0 aromatic rings. The van der Waals surface area contributed by atoms with Crippen molar-refractivity contribution in [2.45, 2.75) is 31.7 Å². The van der Waals surface area contributed by atoms with Crippen molar-refractivity contribution in [2.75, 3.05) is 51.4 Å². The van der Waals surface area contributed by atoms with Crippen LogP contribution in [0, 0.1) is 0 Å². The van der Waals surface area contributed by atoms with Gasteiger partial charge in [-0.1, -0.05) is 6.92 Å². The molecule has 0 bridgehead atoms. The van der Waals surface area contributed by atoms with Gasteiger partial charge in [0.25, 0.3) is 0 Å². The van der Waals surface area contributed by atoms with Gasteiger partial charge in [0.15, 0.2) is 0 Å². The van der Waals surface area contributed by atoms with Crippen molar-refractivity contribution in [3.8, 4) is 0 Å². The summed E-state index contributed by atoms with van der Waals surface area (Å²) in [5.74, 6) is 1.19. The van der Waals surface area contributed by atoms with Crippen molar-refractivity contribution in [2.24, 2.45) is 0 Å². The number of aliphatic hydroxyl groups is 1. The molecular weight excluding hydrogens is 410 g/mol. The van der Waals surface area contributed by atoms with Crippen molar-refractivity contribution >= 4 is 25.3 Å². The first kappa shape index (κ1) is 25.2. The number of aliphatic hydroxyl groups excluding tert-OH is 1. The Kier molecular flexibility index (Phi) is 22.9. The first-order chi connectivity index (χ1) is 10.7. The third-order valence-corrected chi connectivity index (χ3v) is 3.06. The number of hydrogen-bond acceptors (Lipinski definition) is 6. The third-order valence-electron chi connectivity index (χ3n) is 2.70. The molecule has 0 aliphatic rings. The summed E-state index contributed by atoms with van der Waals surface area (Å²) in [6.45, 7) is 4.57. The molecule has 0 saturated heterocycles. The van der Waals surface area contributed by atoms with Gasteiger partial charge in [-0.15, -0.1) is 13.1 Å². The summed E-state index contributed by atoms with van der Waals surface area (Å²) in [5.41, 5.74) is 0. The Morgan fingerprint density at radius 1 is 1.14 bits per heavy atom. The van der Waals surface area contributed by atoms with Gasteiger partial charge in [0.05, 0.1) is 24.9 Å². The number of methoxy groups -OCH3 is 1. The van der Waals surface area contributed by atoms with Crippen molar-refractivity contribution < 1.29 is 36.9 Å². The molecule has 3 atom stereocenters. The van der Waals surface area contributed by atoms with E-state index in [1.165, 1.54) is 0 Å². The van der Waals surface area contributed by atoms with Crippen LogP contribution in [-0.4, -0.2) is 74.8 Å². The molecule has 131 valence electrons. The van der Waals surface area contributed by atoms with Crippen LogP contribution in [0.1, 0.15) is 13.3 Å². The van der Waals surface area contributed by atoms with Crippen molar-refractivity contribution in [3.63, 3.8) is 0 Å². The van der Waals surface area contributed by atoms with E-state index in [1.807, 2.05) is 6.92 Å². The zero-order chi connectivity index (χ0) is 17.2. The molecule has 0 aromatic heterocycles. The van der Waals surface area contributed by atoms with Gasteiger partial charge in [-0.25, -0.2) is 0 Å². The Bertz CT molecular complexity index is 234. The zero-order valence-electron chi connectivity index (χ0n) is 13.1. The van der Waals surface area contributed by atoms with E-state index in [0.717, 1.165) is 18.9 Å². The molecule has 22 heavy (non-hydrogen) atoms. The molecule has 0 heterocycles. The van der Waals surface area contributed by atoms with Crippen LogP contribution in [0.5, 0.6) is 0 Å². The summed E-state index contributed by atoms with van der Waals surface area (Å²) >= 11 is 10.6. The topological polar surface area (TPSA) is 84.0 Å². The molecule has 0 amide bonds. The molecule has 9 heteroatoms. The van der Waals surface area contributed by atoms with Crippen LogP contribution in [0.3, 0.4) is 0 Å². The molecule has 0 rings (SSSR count). The van der Waals surface area contributed by atoms with Gasteiger partial charge >= 0.3 is 22.4 Å². The molecule has 3 unspecified atom stereocenters. The van der Waals surface area contributed by atoms with Gasteiger partial charge in [-0.2, -0.15) is 24.6 Å². The molecule has 6 nitrogen and oxygen atoms in total. The maximum absolute atomic E-state index is 10.1. The van der Waals surface area contributed by atoms with E-state index in [1.54, 1.807) is 7.11 Å². The van der Waals surface area contributed by atoms with Crippen molar-refractivity contribution in [1.82, 2.24) is 0 Å². The van der Waals surface area contributed by atoms with Gasteiger partial charge in [0, 0.05) is 7.11 Å². The Balaban J connectivity index is 0. The summed E-state index contributed by atoms with van der Waals surface area (Å²) in [6, 6.07) is 0. The maximum atomic E-state index is 10.1. The van der Waals surface area contributed by atoms with E-state index in [0.29, 0.717) is 50.7 Å². The first-order valence-corrected chi connectivity index (χ1v) is 9.01.